The van der Waals surface area contributed by atoms with E-state index >= 15 is 0 Å². The van der Waals surface area contributed by atoms with Crippen LogP contribution in [-0.2, 0) is 20.1 Å². The molecule has 0 atom stereocenters. The average Bonchev–Trinajstić information content (AvgIpc) is 2.71. The van der Waals surface area contributed by atoms with E-state index in [4.69, 9.17) is 5.41 Å². The van der Waals surface area contributed by atoms with E-state index < -0.39 is 0 Å². The number of fused-ring (bicyclic) bond motifs is 1. The fourth-order valence-electron chi connectivity index (χ4n) is 1.78. The SMILES string of the molecule is CC.CC.[CH-]=CC=[N-].[Ir+3].[c-]1ccccc1-c1cc2ccccc2cn1. The number of nitrogens with zero attached hydrogens (tertiary/aromatic N) is 2. The largest absolute Gasteiger partial charge is 3.00 e. The van der Waals surface area contributed by atoms with Gasteiger partial charge in [-0.1, -0.05) is 58.0 Å². The minimum absolute atomic E-state index is 0. The Bertz CT molecular complexity index is 703. The van der Waals surface area contributed by atoms with Crippen molar-refractivity contribution < 1.29 is 20.1 Å². The van der Waals surface area contributed by atoms with Gasteiger partial charge in [-0.15, -0.1) is 35.9 Å². The van der Waals surface area contributed by atoms with E-state index in [1.54, 1.807) is 0 Å². The summed E-state index contributed by atoms with van der Waals surface area (Å²) in [6.07, 6.45) is 3.74. The Labute approximate surface area is 165 Å². The Kier molecular flexibility index (Phi) is 16.9. The Morgan fingerprint density at radius 1 is 0.960 bits per heavy atom. The zero-order chi connectivity index (χ0) is 18.2. The molecule has 132 valence electrons. The van der Waals surface area contributed by atoms with Crippen LogP contribution in [0.5, 0.6) is 0 Å². The Hall–Kier alpha value is -2.09. The van der Waals surface area contributed by atoms with E-state index in [9.17, 15) is 0 Å². The number of hydrogen-bond acceptors (Lipinski definition) is 1. The monoisotopic (exact) mass is 510 g/mol. The van der Waals surface area contributed by atoms with Crippen molar-refractivity contribution in [2.45, 2.75) is 27.7 Å². The van der Waals surface area contributed by atoms with Gasteiger partial charge in [0.15, 0.2) is 0 Å². The zero-order valence-corrected chi connectivity index (χ0v) is 17.6. The van der Waals surface area contributed by atoms with Crippen LogP contribution >= 0.6 is 0 Å². The predicted octanol–water partition coefficient (Wildman–Crippen LogP) is 6.37. The van der Waals surface area contributed by atoms with Crippen LogP contribution in [0.1, 0.15) is 27.7 Å². The first-order valence-electron chi connectivity index (χ1n) is 8.18. The first-order chi connectivity index (χ1) is 11.8. The molecule has 1 heterocycles. The number of aromatic nitrogens is 1. The summed E-state index contributed by atoms with van der Waals surface area (Å²) in [6.45, 7) is 12.6. The molecule has 0 saturated heterocycles. The minimum atomic E-state index is 0. The summed E-state index contributed by atoms with van der Waals surface area (Å²) in [5.74, 6) is 0. The maximum atomic E-state index is 7.57. The van der Waals surface area contributed by atoms with Crippen molar-refractivity contribution in [3.63, 3.8) is 0 Å². The molecule has 0 unspecified atom stereocenters. The number of rotatable bonds is 2. The molecule has 3 heteroatoms. The average molecular weight is 510 g/mol. The quantitative estimate of drug-likeness (QED) is 0.292. The van der Waals surface area contributed by atoms with Crippen LogP contribution in [-0.4, -0.2) is 11.2 Å². The molecular formula is C22H25IrN2. The Morgan fingerprint density at radius 3 is 2.04 bits per heavy atom. The van der Waals surface area contributed by atoms with Gasteiger partial charge < -0.3 is 16.6 Å². The van der Waals surface area contributed by atoms with E-state index in [0.717, 1.165) is 23.5 Å². The van der Waals surface area contributed by atoms with Gasteiger partial charge in [0.1, 0.15) is 0 Å². The summed E-state index contributed by atoms with van der Waals surface area (Å²) in [5, 5.41) is 9.95. The molecule has 2 aromatic carbocycles. The van der Waals surface area contributed by atoms with Gasteiger partial charge in [0.2, 0.25) is 0 Å². The smallest absolute Gasteiger partial charge is 0.911 e. The molecule has 1 aromatic heterocycles. The van der Waals surface area contributed by atoms with E-state index in [0.29, 0.717) is 0 Å². The second-order valence-corrected chi connectivity index (χ2v) is 4.03. The first kappa shape index (κ1) is 25.2. The molecule has 2 nitrogen and oxygen atoms in total. The van der Waals surface area contributed by atoms with Crippen LogP contribution in [0, 0.1) is 12.6 Å². The third-order valence-electron chi connectivity index (χ3n) is 2.70. The maximum absolute atomic E-state index is 7.57. The summed E-state index contributed by atoms with van der Waals surface area (Å²) in [7, 11) is 0. The molecule has 0 saturated carbocycles. The van der Waals surface area contributed by atoms with Gasteiger partial charge in [-0.2, -0.15) is 0 Å². The number of benzene rings is 2. The summed E-state index contributed by atoms with van der Waals surface area (Å²) < 4.78 is 0. The van der Waals surface area contributed by atoms with Crippen molar-refractivity contribution >= 4 is 17.0 Å². The number of hydrogen-bond donors (Lipinski definition) is 0. The summed E-state index contributed by atoms with van der Waals surface area (Å²) in [5.41, 5.74) is 2.01. The molecule has 0 N–H and O–H groups in total. The van der Waals surface area contributed by atoms with Gasteiger partial charge in [0, 0.05) is 6.20 Å². The van der Waals surface area contributed by atoms with Crippen LogP contribution in [0.15, 0.2) is 66.9 Å². The fraction of sp³-hybridized carbons (Fsp3) is 0.182. The second kappa shape index (κ2) is 16.8. The van der Waals surface area contributed by atoms with Crippen LogP contribution in [0.3, 0.4) is 0 Å². The van der Waals surface area contributed by atoms with Gasteiger partial charge >= 0.3 is 20.1 Å². The van der Waals surface area contributed by atoms with Crippen LogP contribution < -0.4 is 0 Å². The topological polar surface area (TPSA) is 35.2 Å². The van der Waals surface area contributed by atoms with Crippen LogP contribution in [0.2, 0.25) is 0 Å². The molecule has 0 aliphatic heterocycles. The van der Waals surface area contributed by atoms with Crippen molar-refractivity contribution in [2.24, 2.45) is 0 Å². The van der Waals surface area contributed by atoms with Gasteiger partial charge in [0.25, 0.3) is 0 Å². The molecule has 0 aliphatic carbocycles. The maximum Gasteiger partial charge on any atom is 3.00 e. The third-order valence-corrected chi connectivity index (χ3v) is 2.70. The first-order valence-corrected chi connectivity index (χ1v) is 8.18. The predicted molar refractivity (Wildman–Crippen MR) is 107 cm³/mol. The molecule has 3 rings (SSSR count). The molecule has 0 aliphatic rings. The van der Waals surface area contributed by atoms with Gasteiger partial charge in [-0.3, -0.25) is 12.7 Å². The zero-order valence-electron chi connectivity index (χ0n) is 15.2. The summed E-state index contributed by atoms with van der Waals surface area (Å²) >= 11 is 0. The number of pyridine rings is 1. The van der Waals surface area contributed by atoms with Gasteiger partial charge in [-0.25, -0.2) is 0 Å². The van der Waals surface area contributed by atoms with Crippen molar-refractivity contribution in [3.05, 3.63) is 84.9 Å². The molecule has 0 amide bonds. The van der Waals surface area contributed by atoms with Crippen molar-refractivity contribution in [3.8, 4) is 11.3 Å². The van der Waals surface area contributed by atoms with E-state index in [2.05, 4.69) is 35.8 Å². The van der Waals surface area contributed by atoms with Gasteiger partial charge in [0.05, 0.1) is 0 Å². The van der Waals surface area contributed by atoms with Crippen molar-refractivity contribution in [1.82, 2.24) is 4.98 Å². The van der Waals surface area contributed by atoms with E-state index in [-0.39, 0.29) is 20.1 Å². The van der Waals surface area contributed by atoms with Crippen LogP contribution in [0.25, 0.3) is 27.4 Å². The molecule has 3 aromatic rings. The standard InChI is InChI=1S/C15H10N.C3H3N.2C2H6.Ir/c1-2-6-12(7-3-1)15-10-13-8-4-5-9-14(13)11-16-15;1-2-3-4;2*1-2;/h1-6,8-11H;1-3H;2*1-2H3;/q-1;-2;;;+3. The minimum Gasteiger partial charge on any atom is -0.911 e. The second-order valence-electron chi connectivity index (χ2n) is 4.03. The van der Waals surface area contributed by atoms with E-state index in [1.165, 1.54) is 10.8 Å². The molecule has 0 fully saturated rings. The van der Waals surface area contributed by atoms with Gasteiger partial charge in [-0.05, 0) is 16.5 Å². The van der Waals surface area contributed by atoms with E-state index in [1.807, 2.05) is 70.3 Å². The normalized spacial score (nSPS) is 8.00. The Morgan fingerprint density at radius 2 is 1.52 bits per heavy atom. The molecule has 0 spiro atoms. The summed E-state index contributed by atoms with van der Waals surface area (Å²) in [4.78, 5) is 4.45. The molecule has 0 radical (unpaired) electrons. The molecule has 0 bridgehead atoms. The van der Waals surface area contributed by atoms with Crippen LogP contribution in [0.4, 0.5) is 0 Å². The Balaban J connectivity index is 0. The third kappa shape index (κ3) is 9.09. The molecular weight excluding hydrogens is 484 g/mol. The molecule has 25 heavy (non-hydrogen) atoms. The number of allylic oxidation sites excluding steroid dienone is 1. The van der Waals surface area contributed by atoms with Crippen molar-refractivity contribution in [1.29, 1.82) is 0 Å². The fourth-order valence-corrected chi connectivity index (χ4v) is 1.78. The van der Waals surface area contributed by atoms with Crippen molar-refractivity contribution in [2.75, 3.05) is 0 Å². The summed E-state index contributed by atoms with van der Waals surface area (Å²) in [6, 6.07) is 21.4.